The molecule has 4 aromatic rings. The van der Waals surface area contributed by atoms with Gasteiger partial charge in [0.25, 0.3) is 0 Å². The van der Waals surface area contributed by atoms with Gasteiger partial charge in [0.05, 0.1) is 21.3 Å². The normalized spacial score (nSPS) is 19.4. The topological polar surface area (TPSA) is 72.9 Å². The summed E-state index contributed by atoms with van der Waals surface area (Å²) in [5.41, 5.74) is 6.93. The van der Waals surface area contributed by atoms with Crippen LogP contribution in [0.2, 0.25) is 0 Å². The number of phenols is 1. The second-order valence-corrected chi connectivity index (χ2v) is 12.3. The fourth-order valence-corrected chi connectivity index (χ4v) is 7.11. The maximum atomic E-state index is 10.7. The summed E-state index contributed by atoms with van der Waals surface area (Å²) in [6.07, 6.45) is 3.25. The Morgan fingerprint density at radius 3 is 2.09 bits per heavy atom. The molecule has 4 aromatic carbocycles. The molecule has 0 amide bonds. The lowest BCUT2D eigenvalue weighted by molar-refractivity contribution is 0.220. The number of hydrogen-bond donors (Lipinski definition) is 1. The molecule has 0 aliphatic carbocycles. The predicted molar refractivity (Wildman–Crippen MR) is 173 cm³/mol. The first-order chi connectivity index (χ1) is 21.9. The van der Waals surface area contributed by atoms with Crippen LogP contribution in [0.15, 0.2) is 60.7 Å². The van der Waals surface area contributed by atoms with Crippen LogP contribution in [-0.2, 0) is 25.7 Å². The molecule has 0 saturated carbocycles. The molecule has 8 rings (SSSR count). The minimum absolute atomic E-state index is 0.0254. The molecule has 234 valence electrons. The van der Waals surface area contributed by atoms with Gasteiger partial charge in [0.1, 0.15) is 5.75 Å². The summed E-state index contributed by atoms with van der Waals surface area (Å²) in [4.78, 5) is 4.75. The van der Waals surface area contributed by atoms with Crippen molar-refractivity contribution in [1.29, 1.82) is 0 Å². The summed E-state index contributed by atoms with van der Waals surface area (Å²) < 4.78 is 31.0. The van der Waals surface area contributed by atoms with Crippen molar-refractivity contribution in [2.45, 2.75) is 37.8 Å². The van der Waals surface area contributed by atoms with Gasteiger partial charge in [-0.15, -0.1) is 0 Å². The molecule has 4 heterocycles. The number of aromatic hydroxyl groups is 1. The van der Waals surface area contributed by atoms with Gasteiger partial charge < -0.3 is 28.8 Å². The second-order valence-electron chi connectivity index (χ2n) is 12.3. The number of ether oxygens (including phenoxy) is 5. The molecule has 8 nitrogen and oxygen atoms in total. The second kappa shape index (κ2) is 11.8. The van der Waals surface area contributed by atoms with Crippen molar-refractivity contribution in [3.8, 4) is 46.0 Å². The summed E-state index contributed by atoms with van der Waals surface area (Å²) in [5.74, 6) is 4.44. The Bertz CT molecular complexity index is 1740. The predicted octanol–water partition coefficient (Wildman–Crippen LogP) is 6.86. The van der Waals surface area contributed by atoms with Crippen molar-refractivity contribution in [3.63, 3.8) is 0 Å². The molecule has 6 bridgehead atoms. The van der Waals surface area contributed by atoms with Gasteiger partial charge in [-0.1, -0.05) is 18.2 Å². The highest BCUT2D eigenvalue weighted by molar-refractivity contribution is 5.63. The lowest BCUT2D eigenvalue weighted by Crippen LogP contribution is -2.34. The quantitative estimate of drug-likeness (QED) is 0.271. The van der Waals surface area contributed by atoms with Crippen molar-refractivity contribution >= 4 is 0 Å². The summed E-state index contributed by atoms with van der Waals surface area (Å²) in [7, 11) is 9.34. The maximum Gasteiger partial charge on any atom is 0.204 e. The van der Waals surface area contributed by atoms with Crippen molar-refractivity contribution < 1.29 is 28.8 Å². The van der Waals surface area contributed by atoms with Gasteiger partial charge in [0.2, 0.25) is 5.75 Å². The first kappa shape index (κ1) is 29.3. The van der Waals surface area contributed by atoms with Crippen LogP contribution in [-0.4, -0.2) is 63.4 Å². The molecule has 4 aliphatic heterocycles. The SMILES string of the molecule is COc1cc2c3cc1Oc1c(OC)c(OC)cc4c1[C@@H](Cc1ccc(cc1)Oc1cc(ccc1O)C[C@H]3N(C)CC2)N(C)CC4. The molecule has 0 aromatic heterocycles. The van der Waals surface area contributed by atoms with Crippen LogP contribution in [0.3, 0.4) is 0 Å². The molecule has 0 fully saturated rings. The number of rotatable bonds is 3. The third-order valence-electron chi connectivity index (χ3n) is 9.64. The summed E-state index contributed by atoms with van der Waals surface area (Å²) in [5, 5.41) is 10.7. The minimum Gasteiger partial charge on any atom is -0.504 e. The highest BCUT2D eigenvalue weighted by atomic mass is 16.5. The number of fused-ring (bicyclic) bond motifs is 2. The molecular formula is C37H40N2O6. The van der Waals surface area contributed by atoms with Crippen LogP contribution in [0.4, 0.5) is 0 Å². The van der Waals surface area contributed by atoms with Crippen LogP contribution in [0.5, 0.6) is 46.0 Å². The zero-order chi connectivity index (χ0) is 31.2. The molecule has 0 radical (unpaired) electrons. The summed E-state index contributed by atoms with van der Waals surface area (Å²) in [6.45, 7) is 1.82. The Kier molecular flexibility index (Phi) is 7.71. The first-order valence-electron chi connectivity index (χ1n) is 15.5. The van der Waals surface area contributed by atoms with E-state index in [0.29, 0.717) is 40.2 Å². The fraction of sp³-hybridized carbons (Fsp3) is 0.351. The van der Waals surface area contributed by atoms with Crippen LogP contribution in [0.1, 0.15) is 45.5 Å². The van der Waals surface area contributed by atoms with E-state index in [-0.39, 0.29) is 17.8 Å². The van der Waals surface area contributed by atoms with E-state index in [1.807, 2.05) is 24.3 Å². The number of nitrogens with zero attached hydrogens (tertiary/aromatic N) is 2. The van der Waals surface area contributed by atoms with Crippen LogP contribution < -0.4 is 23.7 Å². The summed E-state index contributed by atoms with van der Waals surface area (Å²) >= 11 is 0. The first-order valence-corrected chi connectivity index (χ1v) is 15.5. The maximum absolute atomic E-state index is 10.7. The molecule has 4 aliphatic rings. The van der Waals surface area contributed by atoms with Gasteiger partial charge in [0, 0.05) is 30.7 Å². The largest absolute Gasteiger partial charge is 0.504 e. The van der Waals surface area contributed by atoms with Crippen LogP contribution in [0.25, 0.3) is 0 Å². The van der Waals surface area contributed by atoms with E-state index in [0.717, 1.165) is 55.5 Å². The zero-order valence-electron chi connectivity index (χ0n) is 26.6. The number of phenolic OH excluding ortho intramolecular Hbond substituents is 1. The molecule has 2 atom stereocenters. The molecule has 0 saturated heterocycles. The van der Waals surface area contributed by atoms with E-state index in [2.05, 4.69) is 54.2 Å². The van der Waals surface area contributed by atoms with Gasteiger partial charge in [0.15, 0.2) is 34.5 Å². The molecule has 8 heteroatoms. The number of likely N-dealkylation sites (N-methyl/N-ethyl adjacent to an activating group) is 2. The van der Waals surface area contributed by atoms with E-state index in [9.17, 15) is 5.11 Å². The van der Waals surface area contributed by atoms with Gasteiger partial charge >= 0.3 is 0 Å². The molecule has 0 unspecified atom stereocenters. The van der Waals surface area contributed by atoms with E-state index < -0.39 is 0 Å². The average Bonchev–Trinajstić information content (AvgIpc) is 3.05. The van der Waals surface area contributed by atoms with Gasteiger partial charge in [-0.3, -0.25) is 9.80 Å². The Labute approximate surface area is 264 Å². The molecule has 1 N–H and O–H groups in total. The van der Waals surface area contributed by atoms with Crippen molar-refractivity contribution in [1.82, 2.24) is 9.80 Å². The molecule has 0 spiro atoms. The highest BCUT2D eigenvalue weighted by Crippen LogP contribution is 2.51. The average molecular weight is 609 g/mol. The Morgan fingerprint density at radius 1 is 0.689 bits per heavy atom. The van der Waals surface area contributed by atoms with E-state index in [1.165, 1.54) is 16.7 Å². The lowest BCUT2D eigenvalue weighted by atomic mass is 9.87. The lowest BCUT2D eigenvalue weighted by Gasteiger charge is -2.37. The van der Waals surface area contributed by atoms with Crippen molar-refractivity contribution in [2.75, 3.05) is 48.5 Å². The summed E-state index contributed by atoms with van der Waals surface area (Å²) in [6, 6.07) is 20.2. The van der Waals surface area contributed by atoms with E-state index in [1.54, 1.807) is 27.4 Å². The third-order valence-corrected chi connectivity index (χ3v) is 9.64. The van der Waals surface area contributed by atoms with Crippen molar-refractivity contribution in [3.05, 3.63) is 94.0 Å². The molecule has 45 heavy (non-hydrogen) atoms. The van der Waals surface area contributed by atoms with E-state index in [4.69, 9.17) is 23.7 Å². The minimum atomic E-state index is 0.0254. The van der Waals surface area contributed by atoms with Gasteiger partial charge in [-0.2, -0.15) is 0 Å². The highest BCUT2D eigenvalue weighted by Gasteiger charge is 2.34. The Morgan fingerprint density at radius 2 is 1.36 bits per heavy atom. The monoisotopic (exact) mass is 608 g/mol. The van der Waals surface area contributed by atoms with Crippen LogP contribution >= 0.6 is 0 Å². The Hall–Kier alpha value is -4.40. The Balaban J connectivity index is 1.46. The fourth-order valence-electron chi connectivity index (χ4n) is 7.11. The number of hydrogen-bond acceptors (Lipinski definition) is 8. The number of methoxy groups -OCH3 is 3. The standard InChI is InChI=1S/C37H40N2O6/c1-38-14-12-24-19-32(41-3)33-21-27(24)28(38)17-23-8-11-30(40)31(18-23)44-26-9-6-22(7-10-26)16-29-35-25(13-15-39(29)2)20-34(42-4)36(43-5)37(35)45-33/h6-11,18-21,28-29,40H,12-17H2,1-5H3/t28-,29-/m1/s1. The van der Waals surface area contributed by atoms with Gasteiger partial charge in [-0.25, -0.2) is 0 Å². The smallest absolute Gasteiger partial charge is 0.204 e. The number of benzene rings is 4. The molecular weight excluding hydrogens is 568 g/mol. The van der Waals surface area contributed by atoms with Crippen molar-refractivity contribution in [2.24, 2.45) is 0 Å². The zero-order valence-corrected chi connectivity index (χ0v) is 26.6. The van der Waals surface area contributed by atoms with E-state index >= 15 is 0 Å². The van der Waals surface area contributed by atoms with Crippen LogP contribution in [0, 0.1) is 0 Å². The third kappa shape index (κ3) is 5.32. The van der Waals surface area contributed by atoms with Gasteiger partial charge in [-0.05, 0) is 110 Å².